The molecule has 4 aliphatic heterocycles. The van der Waals surface area contributed by atoms with Crippen molar-refractivity contribution in [3.8, 4) is 34.5 Å². The topological polar surface area (TPSA) is 164 Å². The molecule has 0 aliphatic carbocycles. The molecule has 41 heavy (non-hydrogen) atoms. The van der Waals surface area contributed by atoms with Crippen molar-refractivity contribution in [3.05, 3.63) is 35.4 Å². The Hall–Kier alpha value is -3.04. The molecule has 3 saturated heterocycles. The lowest BCUT2D eigenvalue weighted by Gasteiger charge is -2.40. The van der Waals surface area contributed by atoms with Gasteiger partial charge in [-0.15, -0.1) is 0 Å². The van der Waals surface area contributed by atoms with E-state index in [9.17, 15) is 20.4 Å². The zero-order chi connectivity index (χ0) is 28.8. The summed E-state index contributed by atoms with van der Waals surface area (Å²) in [4.78, 5) is 0. The first-order chi connectivity index (χ1) is 19.9. The second-order valence-corrected chi connectivity index (χ2v) is 10.3. The minimum atomic E-state index is -1.64. The van der Waals surface area contributed by atoms with Crippen LogP contribution in [0.25, 0.3) is 0 Å². The second-order valence-electron chi connectivity index (χ2n) is 10.3. The molecule has 9 atom stereocenters. The van der Waals surface area contributed by atoms with Gasteiger partial charge in [0, 0.05) is 17.4 Å². The van der Waals surface area contributed by atoms with E-state index in [4.69, 9.17) is 42.6 Å². The number of ether oxygens (including phenoxy) is 9. The van der Waals surface area contributed by atoms with E-state index in [-0.39, 0.29) is 42.0 Å². The van der Waals surface area contributed by atoms with Crippen LogP contribution in [0.2, 0.25) is 0 Å². The zero-order valence-corrected chi connectivity index (χ0v) is 22.8. The molecule has 3 fully saturated rings. The van der Waals surface area contributed by atoms with Gasteiger partial charge in [-0.2, -0.15) is 0 Å². The summed E-state index contributed by atoms with van der Waals surface area (Å²) >= 11 is 0. The Morgan fingerprint density at radius 3 is 2.20 bits per heavy atom. The van der Waals surface area contributed by atoms with Crippen molar-refractivity contribution in [2.24, 2.45) is 11.8 Å². The standard InChI is InChI=1S/C28H34O13/c1-33-18-7-13(24-15-10-36-23(14(15)9-37-24)12-4-5-16-17(6-12)39-11-38-16)25(27(35-3)26(18)34-2)41-28-22(32)21(31)20(30)19(8-29)40-28/h4-7,14-15,19-24,28-32H,8-11H2,1-3H3/t14-,15-,19+,20+,21-,22+,23+,24+,28-/m0/s1. The number of aliphatic hydroxyl groups excluding tert-OH is 4. The highest BCUT2D eigenvalue weighted by atomic mass is 16.7. The lowest BCUT2D eigenvalue weighted by atomic mass is 9.84. The van der Waals surface area contributed by atoms with Gasteiger partial charge in [0.25, 0.3) is 0 Å². The summed E-state index contributed by atoms with van der Waals surface area (Å²) in [6.45, 7) is 0.365. The number of hydrogen-bond acceptors (Lipinski definition) is 13. The molecule has 0 amide bonds. The molecule has 0 radical (unpaired) electrons. The molecule has 2 aromatic rings. The highest BCUT2D eigenvalue weighted by Gasteiger charge is 2.51. The Balaban J connectivity index is 1.35. The van der Waals surface area contributed by atoms with Gasteiger partial charge in [-0.3, -0.25) is 0 Å². The molecule has 2 aromatic carbocycles. The Morgan fingerprint density at radius 1 is 0.780 bits per heavy atom. The third-order valence-electron chi connectivity index (χ3n) is 8.19. The van der Waals surface area contributed by atoms with Gasteiger partial charge in [-0.1, -0.05) is 6.07 Å². The molecule has 0 aromatic heterocycles. The van der Waals surface area contributed by atoms with Gasteiger partial charge in [0.1, 0.15) is 24.4 Å². The molecule has 13 nitrogen and oxygen atoms in total. The number of fused-ring (bicyclic) bond motifs is 2. The maximum Gasteiger partial charge on any atom is 0.231 e. The Kier molecular flexibility index (Phi) is 7.76. The maximum absolute atomic E-state index is 10.7. The number of aliphatic hydroxyl groups is 4. The monoisotopic (exact) mass is 578 g/mol. The van der Waals surface area contributed by atoms with Crippen LogP contribution in [-0.2, 0) is 14.2 Å². The molecule has 4 N–H and O–H groups in total. The summed E-state index contributed by atoms with van der Waals surface area (Å²) in [6.07, 6.45) is -8.20. The fourth-order valence-electron chi connectivity index (χ4n) is 6.06. The van der Waals surface area contributed by atoms with Gasteiger partial charge in [0.15, 0.2) is 23.0 Å². The van der Waals surface area contributed by atoms with Crippen LogP contribution in [0, 0.1) is 11.8 Å². The van der Waals surface area contributed by atoms with E-state index in [1.165, 1.54) is 21.3 Å². The average molecular weight is 579 g/mol. The van der Waals surface area contributed by atoms with Crippen LogP contribution in [0.15, 0.2) is 24.3 Å². The normalized spacial score (nSPS) is 33.9. The first-order valence-corrected chi connectivity index (χ1v) is 13.3. The summed E-state index contributed by atoms with van der Waals surface area (Å²) in [7, 11) is 4.36. The maximum atomic E-state index is 10.7. The molecule has 0 unspecified atom stereocenters. The zero-order valence-electron chi connectivity index (χ0n) is 22.8. The van der Waals surface area contributed by atoms with Gasteiger partial charge in [0.05, 0.1) is 53.4 Å². The van der Waals surface area contributed by atoms with Crippen LogP contribution in [0.4, 0.5) is 0 Å². The third-order valence-corrected chi connectivity index (χ3v) is 8.19. The third kappa shape index (κ3) is 4.71. The summed E-state index contributed by atoms with van der Waals surface area (Å²) in [5, 5.41) is 40.9. The van der Waals surface area contributed by atoms with Crippen molar-refractivity contribution in [3.63, 3.8) is 0 Å². The van der Waals surface area contributed by atoms with E-state index < -0.39 is 43.4 Å². The van der Waals surface area contributed by atoms with E-state index >= 15 is 0 Å². The van der Waals surface area contributed by atoms with Crippen molar-refractivity contribution in [2.75, 3.05) is 47.9 Å². The van der Waals surface area contributed by atoms with Crippen LogP contribution in [0.3, 0.4) is 0 Å². The Morgan fingerprint density at radius 2 is 1.49 bits per heavy atom. The Bertz CT molecular complexity index is 1250. The fraction of sp³-hybridized carbons (Fsp3) is 0.571. The number of hydrogen-bond donors (Lipinski definition) is 4. The quantitative estimate of drug-likeness (QED) is 0.346. The summed E-state index contributed by atoms with van der Waals surface area (Å²) in [6, 6.07) is 7.46. The molecule has 6 rings (SSSR count). The molecular weight excluding hydrogens is 544 g/mol. The van der Waals surface area contributed by atoms with Gasteiger partial charge >= 0.3 is 0 Å². The van der Waals surface area contributed by atoms with E-state index in [1.54, 1.807) is 6.07 Å². The molecular formula is C28H34O13. The van der Waals surface area contributed by atoms with Crippen molar-refractivity contribution in [1.29, 1.82) is 0 Å². The minimum absolute atomic E-state index is 0.000396. The highest BCUT2D eigenvalue weighted by molar-refractivity contribution is 5.64. The smallest absolute Gasteiger partial charge is 0.231 e. The first-order valence-electron chi connectivity index (χ1n) is 13.3. The molecule has 0 bridgehead atoms. The molecule has 4 aliphatic rings. The van der Waals surface area contributed by atoms with Gasteiger partial charge in [0.2, 0.25) is 24.6 Å². The van der Waals surface area contributed by atoms with Gasteiger partial charge < -0.3 is 63.1 Å². The number of rotatable bonds is 8. The van der Waals surface area contributed by atoms with Gasteiger partial charge in [-0.05, 0) is 23.8 Å². The molecule has 224 valence electrons. The Labute approximate surface area is 236 Å². The van der Waals surface area contributed by atoms with E-state index in [0.29, 0.717) is 36.0 Å². The van der Waals surface area contributed by atoms with Crippen molar-refractivity contribution in [1.82, 2.24) is 0 Å². The number of methoxy groups -OCH3 is 3. The lowest BCUT2D eigenvalue weighted by molar-refractivity contribution is -0.277. The molecule has 13 heteroatoms. The second kappa shape index (κ2) is 11.3. The van der Waals surface area contributed by atoms with Crippen molar-refractivity contribution < 1.29 is 63.1 Å². The van der Waals surface area contributed by atoms with Crippen LogP contribution in [-0.4, -0.2) is 99.1 Å². The van der Waals surface area contributed by atoms with Crippen LogP contribution < -0.4 is 28.4 Å². The average Bonchev–Trinajstić information content (AvgIpc) is 3.73. The molecule has 4 heterocycles. The highest BCUT2D eigenvalue weighted by Crippen LogP contribution is 2.56. The molecule has 0 spiro atoms. The molecule has 0 saturated carbocycles. The lowest BCUT2D eigenvalue weighted by Crippen LogP contribution is -2.60. The van der Waals surface area contributed by atoms with E-state index in [2.05, 4.69) is 0 Å². The predicted molar refractivity (Wildman–Crippen MR) is 137 cm³/mol. The van der Waals surface area contributed by atoms with Crippen LogP contribution in [0.1, 0.15) is 23.3 Å². The predicted octanol–water partition coefficient (Wildman–Crippen LogP) is 0.695. The summed E-state index contributed by atoms with van der Waals surface area (Å²) < 4.78 is 52.3. The van der Waals surface area contributed by atoms with E-state index in [1.807, 2.05) is 18.2 Å². The van der Waals surface area contributed by atoms with Crippen LogP contribution in [0.5, 0.6) is 34.5 Å². The SMILES string of the molecule is COc1cc([C@H]2OC[C@H]3[C@@H]2CO[C@@H]3c2ccc3c(c2)OCO3)c(O[C@@H]2O[C@H](CO)[C@@H](O)[C@H](O)[C@H]2O)c(OC)c1OC. The fourth-order valence-corrected chi connectivity index (χ4v) is 6.06. The van der Waals surface area contributed by atoms with Gasteiger partial charge in [-0.25, -0.2) is 0 Å². The van der Waals surface area contributed by atoms with Crippen molar-refractivity contribution >= 4 is 0 Å². The van der Waals surface area contributed by atoms with Crippen molar-refractivity contribution in [2.45, 2.75) is 42.9 Å². The summed E-state index contributed by atoms with van der Waals surface area (Å²) in [5.41, 5.74) is 1.48. The summed E-state index contributed by atoms with van der Waals surface area (Å²) in [5.74, 6) is 2.14. The first kappa shape index (κ1) is 28.1. The number of benzene rings is 2. The minimum Gasteiger partial charge on any atom is -0.493 e. The van der Waals surface area contributed by atoms with Crippen LogP contribution >= 0.6 is 0 Å². The van der Waals surface area contributed by atoms with E-state index in [0.717, 1.165) is 5.56 Å². The largest absolute Gasteiger partial charge is 0.493 e.